The normalized spacial score (nSPS) is 24.7. The average Bonchev–Trinajstić information content (AvgIpc) is 2.58. The molecule has 17 heavy (non-hydrogen) atoms. The van der Waals surface area contributed by atoms with Gasteiger partial charge in [0, 0.05) is 11.5 Å². The third-order valence-corrected chi connectivity index (χ3v) is 3.55. The van der Waals surface area contributed by atoms with Crippen molar-refractivity contribution in [2.24, 2.45) is 11.8 Å². The van der Waals surface area contributed by atoms with Gasteiger partial charge in [-0.25, -0.2) is 0 Å². The Morgan fingerprint density at radius 2 is 1.88 bits per heavy atom. The van der Waals surface area contributed by atoms with Gasteiger partial charge in [0.25, 0.3) is 0 Å². The molecule has 4 nitrogen and oxygen atoms in total. The predicted molar refractivity (Wildman–Crippen MR) is 65.6 cm³/mol. The second kappa shape index (κ2) is 5.07. The summed E-state index contributed by atoms with van der Waals surface area (Å²) in [6.07, 6.45) is 3.04. The number of carbonyl (C=O) groups excluding carboxylic acids is 1. The lowest BCUT2D eigenvalue weighted by Gasteiger charge is -2.37. The Balaban J connectivity index is 2.83. The van der Waals surface area contributed by atoms with Gasteiger partial charge >= 0.3 is 5.97 Å². The van der Waals surface area contributed by atoms with Crippen LogP contribution in [0.25, 0.3) is 0 Å². The van der Waals surface area contributed by atoms with Crippen LogP contribution in [0.4, 0.5) is 0 Å². The Labute approximate surface area is 103 Å². The van der Waals surface area contributed by atoms with E-state index < -0.39 is 11.5 Å². The Kier molecular flexibility index (Phi) is 4.17. The van der Waals surface area contributed by atoms with Crippen molar-refractivity contribution in [1.29, 1.82) is 0 Å². The van der Waals surface area contributed by atoms with Crippen LogP contribution in [-0.4, -0.2) is 34.0 Å². The van der Waals surface area contributed by atoms with E-state index in [-0.39, 0.29) is 18.4 Å². The number of hydrogen-bond acceptors (Lipinski definition) is 2. The lowest BCUT2D eigenvalue weighted by Crippen LogP contribution is -2.50. The van der Waals surface area contributed by atoms with E-state index in [1.54, 1.807) is 0 Å². The van der Waals surface area contributed by atoms with E-state index in [9.17, 15) is 9.59 Å². The quantitative estimate of drug-likeness (QED) is 0.823. The summed E-state index contributed by atoms with van der Waals surface area (Å²) in [5, 5.41) is 8.91. The molecule has 0 aromatic carbocycles. The van der Waals surface area contributed by atoms with Crippen LogP contribution in [0.5, 0.6) is 0 Å². The Morgan fingerprint density at radius 3 is 2.24 bits per heavy atom. The second-order valence-corrected chi connectivity index (χ2v) is 6.00. The molecule has 0 aromatic heterocycles. The van der Waals surface area contributed by atoms with Gasteiger partial charge in [-0.05, 0) is 39.5 Å². The van der Waals surface area contributed by atoms with Crippen molar-refractivity contribution >= 4 is 11.9 Å². The van der Waals surface area contributed by atoms with Crippen molar-refractivity contribution in [1.82, 2.24) is 4.90 Å². The largest absolute Gasteiger partial charge is 0.480 e. The number of nitrogens with zero attached hydrogens (tertiary/aromatic N) is 1. The Morgan fingerprint density at radius 1 is 1.29 bits per heavy atom. The number of carbonyl (C=O) groups is 2. The highest BCUT2D eigenvalue weighted by atomic mass is 16.4. The van der Waals surface area contributed by atoms with E-state index in [1.807, 2.05) is 20.8 Å². The molecule has 1 saturated carbocycles. The third kappa shape index (κ3) is 3.45. The number of aliphatic carboxylic acids is 1. The van der Waals surface area contributed by atoms with E-state index in [0.29, 0.717) is 5.92 Å². The van der Waals surface area contributed by atoms with Gasteiger partial charge in [-0.2, -0.15) is 0 Å². The van der Waals surface area contributed by atoms with Gasteiger partial charge in [0.05, 0.1) is 0 Å². The van der Waals surface area contributed by atoms with E-state index >= 15 is 0 Å². The molecule has 1 aliphatic carbocycles. The first kappa shape index (κ1) is 14.0. The second-order valence-electron chi connectivity index (χ2n) is 6.00. The summed E-state index contributed by atoms with van der Waals surface area (Å²) in [6.45, 7) is 7.52. The zero-order valence-electron chi connectivity index (χ0n) is 11.2. The van der Waals surface area contributed by atoms with Crippen molar-refractivity contribution in [2.75, 3.05) is 6.54 Å². The van der Waals surface area contributed by atoms with Gasteiger partial charge in [0.2, 0.25) is 5.91 Å². The molecule has 0 heterocycles. The molecular formula is C13H23NO3. The SMILES string of the molecule is CC1CCCC1C(=O)N(CC(=O)O)C(C)(C)C. The molecule has 0 radical (unpaired) electrons. The summed E-state index contributed by atoms with van der Waals surface area (Å²) < 4.78 is 0. The molecule has 2 atom stereocenters. The van der Waals surface area contributed by atoms with Crippen LogP contribution in [-0.2, 0) is 9.59 Å². The fraction of sp³-hybridized carbons (Fsp3) is 0.846. The standard InChI is InChI=1S/C13H23NO3/c1-9-6-5-7-10(9)12(17)14(8-11(15)16)13(2,3)4/h9-10H,5-8H2,1-4H3,(H,15,16). The molecule has 0 bridgehead atoms. The van der Waals surface area contributed by atoms with E-state index in [1.165, 1.54) is 4.90 Å². The summed E-state index contributed by atoms with van der Waals surface area (Å²) in [5.74, 6) is -0.557. The maximum absolute atomic E-state index is 12.4. The van der Waals surface area contributed by atoms with Crippen LogP contribution < -0.4 is 0 Å². The number of carboxylic acids is 1. The molecule has 1 fully saturated rings. The highest BCUT2D eigenvalue weighted by molar-refractivity contribution is 5.84. The minimum Gasteiger partial charge on any atom is -0.480 e. The summed E-state index contributed by atoms with van der Waals surface area (Å²) >= 11 is 0. The number of rotatable bonds is 3. The zero-order valence-corrected chi connectivity index (χ0v) is 11.2. The lowest BCUT2D eigenvalue weighted by molar-refractivity contribution is -0.151. The highest BCUT2D eigenvalue weighted by Crippen LogP contribution is 2.34. The predicted octanol–water partition coefficient (Wildman–Crippen LogP) is 2.13. The van der Waals surface area contributed by atoms with Crippen molar-refractivity contribution < 1.29 is 14.7 Å². The molecular weight excluding hydrogens is 218 g/mol. The fourth-order valence-corrected chi connectivity index (χ4v) is 2.49. The molecule has 0 spiro atoms. The summed E-state index contributed by atoms with van der Waals surface area (Å²) in [7, 11) is 0. The molecule has 1 N–H and O–H groups in total. The van der Waals surface area contributed by atoms with E-state index in [2.05, 4.69) is 6.92 Å². The van der Waals surface area contributed by atoms with E-state index in [0.717, 1.165) is 19.3 Å². The van der Waals surface area contributed by atoms with Gasteiger partial charge < -0.3 is 10.0 Å². The average molecular weight is 241 g/mol. The highest BCUT2D eigenvalue weighted by Gasteiger charge is 2.37. The van der Waals surface area contributed by atoms with Gasteiger partial charge in [-0.15, -0.1) is 0 Å². The number of amides is 1. The van der Waals surface area contributed by atoms with Crippen LogP contribution in [0, 0.1) is 11.8 Å². The molecule has 1 amide bonds. The zero-order chi connectivity index (χ0) is 13.2. The topological polar surface area (TPSA) is 57.6 Å². The lowest BCUT2D eigenvalue weighted by atomic mass is 9.94. The van der Waals surface area contributed by atoms with Gasteiger partial charge in [0.15, 0.2) is 0 Å². The molecule has 1 rings (SSSR count). The van der Waals surface area contributed by atoms with Crippen molar-refractivity contribution in [3.05, 3.63) is 0 Å². The number of hydrogen-bond donors (Lipinski definition) is 1. The maximum atomic E-state index is 12.4. The molecule has 1 aliphatic rings. The first-order valence-electron chi connectivity index (χ1n) is 6.26. The van der Waals surface area contributed by atoms with Gasteiger partial charge in [0.1, 0.15) is 6.54 Å². The summed E-state index contributed by atoms with van der Waals surface area (Å²) in [6, 6.07) is 0. The third-order valence-electron chi connectivity index (χ3n) is 3.55. The summed E-state index contributed by atoms with van der Waals surface area (Å²) in [4.78, 5) is 24.8. The van der Waals surface area contributed by atoms with Crippen LogP contribution in [0.1, 0.15) is 47.0 Å². The molecule has 0 saturated heterocycles. The smallest absolute Gasteiger partial charge is 0.323 e. The molecule has 98 valence electrons. The van der Waals surface area contributed by atoms with E-state index in [4.69, 9.17) is 5.11 Å². The van der Waals surface area contributed by atoms with Crippen molar-refractivity contribution in [2.45, 2.75) is 52.5 Å². The maximum Gasteiger partial charge on any atom is 0.323 e. The van der Waals surface area contributed by atoms with Crippen molar-refractivity contribution in [3.8, 4) is 0 Å². The monoisotopic (exact) mass is 241 g/mol. The molecule has 0 aromatic rings. The van der Waals surface area contributed by atoms with Crippen LogP contribution in [0.15, 0.2) is 0 Å². The number of carboxylic acid groups (broad SMARTS) is 1. The van der Waals surface area contributed by atoms with Crippen LogP contribution in [0.3, 0.4) is 0 Å². The summed E-state index contributed by atoms with van der Waals surface area (Å²) in [5.41, 5.74) is -0.433. The Hall–Kier alpha value is -1.06. The van der Waals surface area contributed by atoms with Crippen LogP contribution in [0.2, 0.25) is 0 Å². The minimum absolute atomic E-state index is 0.00454. The minimum atomic E-state index is -0.945. The van der Waals surface area contributed by atoms with Crippen LogP contribution >= 0.6 is 0 Å². The fourth-order valence-electron chi connectivity index (χ4n) is 2.49. The van der Waals surface area contributed by atoms with Gasteiger partial charge in [-0.1, -0.05) is 13.3 Å². The van der Waals surface area contributed by atoms with Crippen molar-refractivity contribution in [3.63, 3.8) is 0 Å². The first-order chi connectivity index (χ1) is 7.73. The molecule has 4 heteroatoms. The van der Waals surface area contributed by atoms with Gasteiger partial charge in [-0.3, -0.25) is 9.59 Å². The Bertz CT molecular complexity index is 306. The first-order valence-corrected chi connectivity index (χ1v) is 6.26. The molecule has 0 aliphatic heterocycles. The molecule has 2 unspecified atom stereocenters.